The minimum absolute atomic E-state index is 0.504. The summed E-state index contributed by atoms with van der Waals surface area (Å²) in [5.74, 6) is 0. The van der Waals surface area contributed by atoms with E-state index in [-0.39, 0.29) is 0 Å². The van der Waals surface area contributed by atoms with Crippen LogP contribution in [0.15, 0.2) is 0 Å². The van der Waals surface area contributed by atoms with Crippen molar-refractivity contribution >= 4 is 0 Å². The molecular weight excluding hydrogens is 204 g/mol. The average Bonchev–Trinajstić information content (AvgIpc) is 2.16. The Bertz CT molecular complexity index is 223. The normalized spacial score (nSPS) is 21.5. The van der Waals surface area contributed by atoms with E-state index >= 15 is 0 Å². The van der Waals surface area contributed by atoms with E-state index in [1.165, 1.54) is 51.4 Å². The number of rotatable bonds is 4. The summed E-state index contributed by atoms with van der Waals surface area (Å²) in [5, 5.41) is 0. The predicted molar refractivity (Wildman–Crippen MR) is 78.3 cm³/mol. The SMILES string of the molecule is CC(C)(C)CCCC(C)(C)C1(C)CCCCC1. The molecule has 0 unspecified atom stereocenters. The molecule has 0 aromatic rings. The smallest absolute Gasteiger partial charge is 0.0275 e. The first kappa shape index (κ1) is 15.1. The highest BCUT2D eigenvalue weighted by molar-refractivity contribution is 4.91. The van der Waals surface area contributed by atoms with E-state index in [9.17, 15) is 0 Å². The molecule has 0 bridgehead atoms. The van der Waals surface area contributed by atoms with Crippen LogP contribution in [0.5, 0.6) is 0 Å². The molecule has 1 aliphatic rings. The Hall–Kier alpha value is 0. The topological polar surface area (TPSA) is 0 Å². The van der Waals surface area contributed by atoms with Crippen LogP contribution in [0.25, 0.3) is 0 Å². The van der Waals surface area contributed by atoms with Gasteiger partial charge in [-0.1, -0.05) is 67.2 Å². The first-order valence-electron chi connectivity index (χ1n) is 7.66. The van der Waals surface area contributed by atoms with Crippen molar-refractivity contribution in [3.8, 4) is 0 Å². The highest BCUT2D eigenvalue weighted by atomic mass is 14.5. The van der Waals surface area contributed by atoms with Crippen molar-refractivity contribution in [3.63, 3.8) is 0 Å². The summed E-state index contributed by atoms with van der Waals surface area (Å²) in [7, 11) is 0. The van der Waals surface area contributed by atoms with Gasteiger partial charge in [-0.3, -0.25) is 0 Å². The van der Waals surface area contributed by atoms with Gasteiger partial charge >= 0.3 is 0 Å². The third kappa shape index (κ3) is 4.30. The molecule has 0 spiro atoms. The van der Waals surface area contributed by atoms with E-state index in [1.807, 2.05) is 0 Å². The summed E-state index contributed by atoms with van der Waals surface area (Å²) in [4.78, 5) is 0. The summed E-state index contributed by atoms with van der Waals surface area (Å²) < 4.78 is 0. The maximum atomic E-state index is 2.54. The van der Waals surface area contributed by atoms with Gasteiger partial charge in [0.1, 0.15) is 0 Å². The molecule has 0 heteroatoms. The van der Waals surface area contributed by atoms with Crippen molar-refractivity contribution in [1.29, 1.82) is 0 Å². The van der Waals surface area contributed by atoms with Gasteiger partial charge in [0, 0.05) is 0 Å². The summed E-state index contributed by atoms with van der Waals surface area (Å²) in [6, 6.07) is 0. The van der Waals surface area contributed by atoms with Gasteiger partial charge in [-0.25, -0.2) is 0 Å². The highest BCUT2D eigenvalue weighted by Gasteiger charge is 2.40. The van der Waals surface area contributed by atoms with Crippen molar-refractivity contribution in [2.75, 3.05) is 0 Å². The van der Waals surface area contributed by atoms with Crippen molar-refractivity contribution in [3.05, 3.63) is 0 Å². The average molecular weight is 238 g/mol. The Labute approximate surface area is 110 Å². The monoisotopic (exact) mass is 238 g/mol. The zero-order valence-electron chi connectivity index (χ0n) is 13.2. The second kappa shape index (κ2) is 5.33. The lowest BCUT2D eigenvalue weighted by Crippen LogP contribution is -2.37. The zero-order valence-corrected chi connectivity index (χ0v) is 13.2. The quantitative estimate of drug-likeness (QED) is 0.547. The van der Waals surface area contributed by atoms with Crippen molar-refractivity contribution in [2.45, 2.75) is 92.9 Å². The second-order valence-electron chi connectivity index (χ2n) is 8.42. The lowest BCUT2D eigenvalue weighted by atomic mass is 9.58. The van der Waals surface area contributed by atoms with E-state index in [2.05, 4.69) is 41.5 Å². The van der Waals surface area contributed by atoms with Crippen LogP contribution in [0, 0.1) is 16.2 Å². The van der Waals surface area contributed by atoms with Gasteiger partial charge in [0.05, 0.1) is 0 Å². The van der Waals surface area contributed by atoms with Crippen LogP contribution in [-0.2, 0) is 0 Å². The van der Waals surface area contributed by atoms with Crippen LogP contribution in [0.2, 0.25) is 0 Å². The predicted octanol–water partition coefficient (Wildman–Crippen LogP) is 6.20. The van der Waals surface area contributed by atoms with E-state index in [0.717, 1.165) is 0 Å². The highest BCUT2D eigenvalue weighted by Crippen LogP contribution is 2.52. The Kier molecular flexibility index (Phi) is 4.72. The molecule has 0 heterocycles. The van der Waals surface area contributed by atoms with Crippen molar-refractivity contribution in [1.82, 2.24) is 0 Å². The van der Waals surface area contributed by atoms with Crippen LogP contribution >= 0.6 is 0 Å². The third-order valence-corrected chi connectivity index (χ3v) is 5.32. The molecule has 1 rings (SSSR count). The molecule has 1 fully saturated rings. The maximum Gasteiger partial charge on any atom is -0.0275 e. The van der Waals surface area contributed by atoms with Gasteiger partial charge in [0.2, 0.25) is 0 Å². The van der Waals surface area contributed by atoms with E-state index in [4.69, 9.17) is 0 Å². The first-order valence-corrected chi connectivity index (χ1v) is 7.66. The van der Waals surface area contributed by atoms with Gasteiger partial charge in [-0.05, 0) is 41.9 Å². The largest absolute Gasteiger partial charge is 0.0602 e. The molecule has 0 aromatic heterocycles. The number of hydrogen-bond acceptors (Lipinski definition) is 0. The molecule has 0 amide bonds. The Morgan fingerprint density at radius 1 is 0.824 bits per heavy atom. The van der Waals surface area contributed by atoms with Crippen LogP contribution in [0.3, 0.4) is 0 Å². The Morgan fingerprint density at radius 2 is 1.35 bits per heavy atom. The molecule has 0 aliphatic heterocycles. The third-order valence-electron chi connectivity index (χ3n) is 5.32. The maximum absolute atomic E-state index is 2.54. The minimum Gasteiger partial charge on any atom is -0.0602 e. The molecule has 1 aliphatic carbocycles. The fourth-order valence-corrected chi connectivity index (χ4v) is 3.37. The summed E-state index contributed by atoms with van der Waals surface area (Å²) in [6.45, 7) is 14.7. The molecule has 0 atom stereocenters. The molecule has 0 nitrogen and oxygen atoms in total. The minimum atomic E-state index is 0.504. The van der Waals surface area contributed by atoms with Gasteiger partial charge in [0.25, 0.3) is 0 Å². The van der Waals surface area contributed by atoms with E-state index < -0.39 is 0 Å². The van der Waals surface area contributed by atoms with Crippen molar-refractivity contribution < 1.29 is 0 Å². The lowest BCUT2D eigenvalue weighted by Gasteiger charge is -2.47. The Morgan fingerprint density at radius 3 is 1.82 bits per heavy atom. The molecule has 0 radical (unpaired) electrons. The van der Waals surface area contributed by atoms with Crippen LogP contribution in [-0.4, -0.2) is 0 Å². The number of hydrogen-bond donors (Lipinski definition) is 0. The summed E-state index contributed by atoms with van der Waals surface area (Å²) in [6.07, 6.45) is 11.5. The van der Waals surface area contributed by atoms with Gasteiger partial charge < -0.3 is 0 Å². The molecule has 1 saturated carbocycles. The standard InChI is InChI=1S/C17H34/c1-15(2,3)11-10-12-16(4,5)17(6)13-8-7-9-14-17/h7-14H2,1-6H3. The van der Waals surface area contributed by atoms with Gasteiger partial charge in [0.15, 0.2) is 0 Å². The molecule has 0 aromatic carbocycles. The fourth-order valence-electron chi connectivity index (χ4n) is 3.37. The fraction of sp³-hybridized carbons (Fsp3) is 1.00. The molecular formula is C17H34. The Balaban J connectivity index is 2.49. The molecule has 0 N–H and O–H groups in total. The molecule has 17 heavy (non-hydrogen) atoms. The zero-order chi connectivity index (χ0) is 13.2. The van der Waals surface area contributed by atoms with Gasteiger partial charge in [-0.2, -0.15) is 0 Å². The van der Waals surface area contributed by atoms with E-state index in [1.54, 1.807) is 0 Å². The van der Waals surface area contributed by atoms with E-state index in [0.29, 0.717) is 16.2 Å². The van der Waals surface area contributed by atoms with Crippen molar-refractivity contribution in [2.24, 2.45) is 16.2 Å². The summed E-state index contributed by atoms with van der Waals surface area (Å²) >= 11 is 0. The van der Waals surface area contributed by atoms with Crippen LogP contribution < -0.4 is 0 Å². The van der Waals surface area contributed by atoms with Crippen LogP contribution in [0.1, 0.15) is 92.9 Å². The van der Waals surface area contributed by atoms with Gasteiger partial charge in [-0.15, -0.1) is 0 Å². The first-order chi connectivity index (χ1) is 7.66. The van der Waals surface area contributed by atoms with Crippen LogP contribution in [0.4, 0.5) is 0 Å². The lowest BCUT2D eigenvalue weighted by molar-refractivity contribution is 0.0321. The summed E-state index contributed by atoms with van der Waals surface area (Å²) in [5.41, 5.74) is 1.63. The second-order valence-corrected chi connectivity index (χ2v) is 8.42. The molecule has 102 valence electrons. The molecule has 0 saturated heterocycles.